The molecule has 106 valence electrons. The summed E-state index contributed by atoms with van der Waals surface area (Å²) in [6.07, 6.45) is 1.50. The Morgan fingerprint density at radius 1 is 1.32 bits per heavy atom. The van der Waals surface area contributed by atoms with Gasteiger partial charge in [0.25, 0.3) is 5.69 Å². The van der Waals surface area contributed by atoms with Crippen molar-refractivity contribution in [1.82, 2.24) is 0 Å². The van der Waals surface area contributed by atoms with Gasteiger partial charge in [0, 0.05) is 24.4 Å². The molecule has 19 heavy (non-hydrogen) atoms. The number of sulfone groups is 1. The fourth-order valence-electron chi connectivity index (χ4n) is 1.53. The molecule has 0 aliphatic rings. The number of benzene rings is 1. The molecule has 1 rings (SSSR count). The molecular weight excluding hydrogens is 268 g/mol. The third-order valence-corrected chi connectivity index (χ3v) is 5.67. The summed E-state index contributed by atoms with van der Waals surface area (Å²) in [5, 5.41) is 10.5. The minimum atomic E-state index is -3.28. The van der Waals surface area contributed by atoms with Crippen LogP contribution in [-0.2, 0) is 16.3 Å². The minimum absolute atomic E-state index is 0.000283. The zero-order valence-electron chi connectivity index (χ0n) is 11.2. The Kier molecular flexibility index (Phi) is 4.32. The van der Waals surface area contributed by atoms with Crippen molar-refractivity contribution in [3.8, 4) is 0 Å². The van der Waals surface area contributed by atoms with Gasteiger partial charge in [0.1, 0.15) is 0 Å². The van der Waals surface area contributed by atoms with Gasteiger partial charge in [-0.3, -0.25) is 10.1 Å². The van der Waals surface area contributed by atoms with Crippen molar-refractivity contribution in [2.75, 3.05) is 6.26 Å². The third-order valence-electron chi connectivity index (χ3n) is 3.45. The maximum Gasteiger partial charge on any atom is 0.269 e. The van der Waals surface area contributed by atoms with E-state index in [0.29, 0.717) is 6.42 Å². The molecule has 1 atom stereocenters. The lowest BCUT2D eigenvalue weighted by molar-refractivity contribution is -0.384. The standard InChI is InChI=1S/C12H18N2O4S/c1-12(2,19(3,17)18)11(13)8-9-4-6-10(7-5-9)14(15)16/h4-7,11H,8,13H2,1-3H3. The Bertz CT molecular complexity index is 564. The fraction of sp³-hybridized carbons (Fsp3) is 0.500. The van der Waals surface area contributed by atoms with Crippen molar-refractivity contribution in [1.29, 1.82) is 0 Å². The average molecular weight is 286 g/mol. The van der Waals surface area contributed by atoms with Gasteiger partial charge in [0.05, 0.1) is 9.67 Å². The molecule has 0 fully saturated rings. The topological polar surface area (TPSA) is 103 Å². The number of nitrogens with zero attached hydrogens (tertiary/aromatic N) is 1. The summed E-state index contributed by atoms with van der Waals surface area (Å²) in [6, 6.07) is 5.38. The number of hydrogen-bond acceptors (Lipinski definition) is 5. The Morgan fingerprint density at radius 2 is 1.79 bits per heavy atom. The first-order valence-corrected chi connectivity index (χ1v) is 7.63. The smallest absolute Gasteiger partial charge is 0.269 e. The molecule has 0 saturated carbocycles. The predicted molar refractivity (Wildman–Crippen MR) is 73.7 cm³/mol. The number of hydrogen-bond donors (Lipinski definition) is 1. The average Bonchev–Trinajstić information content (AvgIpc) is 2.28. The van der Waals surface area contributed by atoms with Crippen LogP contribution in [0.1, 0.15) is 19.4 Å². The molecule has 1 aromatic carbocycles. The summed E-state index contributed by atoms with van der Waals surface area (Å²) in [5.41, 5.74) is 6.73. The molecule has 0 saturated heterocycles. The second-order valence-corrected chi connectivity index (χ2v) is 7.71. The number of non-ortho nitro benzene ring substituents is 1. The molecule has 0 spiro atoms. The summed E-state index contributed by atoms with van der Waals surface area (Å²) in [4.78, 5) is 10.0. The molecule has 1 aromatic rings. The first-order chi connectivity index (χ1) is 8.55. The van der Waals surface area contributed by atoms with Gasteiger partial charge in [0.15, 0.2) is 9.84 Å². The van der Waals surface area contributed by atoms with Crippen molar-refractivity contribution in [2.45, 2.75) is 31.1 Å². The van der Waals surface area contributed by atoms with Crippen molar-refractivity contribution in [2.24, 2.45) is 5.73 Å². The summed E-state index contributed by atoms with van der Waals surface area (Å²) < 4.78 is 22.3. The van der Waals surface area contributed by atoms with Crippen LogP contribution in [0.2, 0.25) is 0 Å². The number of nitro groups is 1. The van der Waals surface area contributed by atoms with Crippen LogP contribution in [0.4, 0.5) is 5.69 Å². The highest BCUT2D eigenvalue weighted by molar-refractivity contribution is 7.92. The molecule has 2 N–H and O–H groups in total. The second-order valence-electron chi connectivity index (χ2n) is 5.11. The third kappa shape index (κ3) is 3.51. The quantitative estimate of drug-likeness (QED) is 0.649. The van der Waals surface area contributed by atoms with Crippen LogP contribution in [0, 0.1) is 10.1 Å². The highest BCUT2D eigenvalue weighted by Crippen LogP contribution is 2.22. The lowest BCUT2D eigenvalue weighted by Gasteiger charge is -2.29. The molecule has 0 bridgehead atoms. The Balaban J connectivity index is 2.88. The highest BCUT2D eigenvalue weighted by Gasteiger charge is 2.36. The summed E-state index contributed by atoms with van der Waals surface area (Å²) >= 11 is 0. The van der Waals surface area contributed by atoms with Crippen LogP contribution >= 0.6 is 0 Å². The number of rotatable bonds is 5. The van der Waals surface area contributed by atoms with Gasteiger partial charge in [-0.1, -0.05) is 12.1 Å². The van der Waals surface area contributed by atoms with Crippen molar-refractivity contribution >= 4 is 15.5 Å². The molecule has 0 heterocycles. The molecule has 0 aliphatic carbocycles. The minimum Gasteiger partial charge on any atom is -0.326 e. The van der Waals surface area contributed by atoms with E-state index < -0.39 is 25.5 Å². The molecule has 0 aromatic heterocycles. The molecule has 0 amide bonds. The van der Waals surface area contributed by atoms with E-state index in [9.17, 15) is 18.5 Å². The Hall–Kier alpha value is -1.47. The molecule has 1 unspecified atom stereocenters. The summed E-state index contributed by atoms with van der Waals surface area (Å²) in [5.74, 6) is 0. The van der Waals surface area contributed by atoms with Gasteiger partial charge in [-0.25, -0.2) is 8.42 Å². The van der Waals surface area contributed by atoms with E-state index in [4.69, 9.17) is 5.73 Å². The van der Waals surface area contributed by atoms with Crippen LogP contribution in [-0.4, -0.2) is 30.4 Å². The molecule has 7 heteroatoms. The lowest BCUT2D eigenvalue weighted by atomic mass is 9.96. The first-order valence-electron chi connectivity index (χ1n) is 5.74. The van der Waals surface area contributed by atoms with Gasteiger partial charge < -0.3 is 5.73 Å². The Labute approximate surface area is 112 Å². The lowest BCUT2D eigenvalue weighted by Crippen LogP contribution is -2.49. The zero-order chi connectivity index (χ0) is 14.8. The molecule has 6 nitrogen and oxygen atoms in total. The van der Waals surface area contributed by atoms with Crippen LogP contribution in [0.15, 0.2) is 24.3 Å². The highest BCUT2D eigenvalue weighted by atomic mass is 32.2. The number of nitro benzene ring substituents is 1. The van der Waals surface area contributed by atoms with E-state index in [2.05, 4.69) is 0 Å². The van der Waals surface area contributed by atoms with Crippen molar-refractivity contribution in [3.05, 3.63) is 39.9 Å². The molecular formula is C12H18N2O4S. The van der Waals surface area contributed by atoms with Crippen LogP contribution in [0.3, 0.4) is 0 Å². The summed E-state index contributed by atoms with van der Waals surface area (Å²) in [6.45, 7) is 3.16. The van der Waals surface area contributed by atoms with E-state index in [1.807, 2.05) is 0 Å². The fourth-order valence-corrected chi connectivity index (χ4v) is 2.16. The van der Waals surface area contributed by atoms with E-state index in [0.717, 1.165) is 11.8 Å². The van der Waals surface area contributed by atoms with E-state index in [1.54, 1.807) is 26.0 Å². The monoisotopic (exact) mass is 286 g/mol. The SMILES string of the molecule is CC(C)(C(N)Cc1ccc([N+](=O)[O-])cc1)S(C)(=O)=O. The van der Waals surface area contributed by atoms with Crippen molar-refractivity contribution < 1.29 is 13.3 Å². The maximum atomic E-state index is 11.7. The van der Waals surface area contributed by atoms with Crippen LogP contribution < -0.4 is 5.73 Å². The number of nitrogens with two attached hydrogens (primary N) is 1. The zero-order valence-corrected chi connectivity index (χ0v) is 12.0. The van der Waals surface area contributed by atoms with Gasteiger partial charge in [0.2, 0.25) is 0 Å². The van der Waals surface area contributed by atoms with Crippen LogP contribution in [0.25, 0.3) is 0 Å². The maximum absolute atomic E-state index is 11.7. The van der Waals surface area contributed by atoms with Gasteiger partial charge in [-0.2, -0.15) is 0 Å². The van der Waals surface area contributed by atoms with Crippen molar-refractivity contribution in [3.63, 3.8) is 0 Å². The first kappa shape index (κ1) is 15.6. The van der Waals surface area contributed by atoms with Gasteiger partial charge in [-0.15, -0.1) is 0 Å². The van der Waals surface area contributed by atoms with E-state index in [-0.39, 0.29) is 5.69 Å². The second kappa shape index (κ2) is 5.26. The predicted octanol–water partition coefficient (Wildman–Crippen LogP) is 1.29. The normalized spacial score (nSPS) is 14.1. The van der Waals surface area contributed by atoms with E-state index >= 15 is 0 Å². The van der Waals surface area contributed by atoms with Crippen LogP contribution in [0.5, 0.6) is 0 Å². The Morgan fingerprint density at radius 3 is 2.16 bits per heavy atom. The van der Waals surface area contributed by atoms with Gasteiger partial charge in [-0.05, 0) is 25.8 Å². The molecule has 0 aliphatic heterocycles. The largest absolute Gasteiger partial charge is 0.326 e. The van der Waals surface area contributed by atoms with Gasteiger partial charge >= 0.3 is 0 Å². The molecule has 0 radical (unpaired) electrons. The van der Waals surface area contributed by atoms with E-state index in [1.165, 1.54) is 12.1 Å². The summed E-state index contributed by atoms with van der Waals surface area (Å²) in [7, 11) is -3.28.